The SMILES string of the molecule is OC[C@H]1O[C@@H](p2cnc3c(=S)[nH+]c[nH]c32)[C@H](O)[C@@H]1O. The van der Waals surface area contributed by atoms with Gasteiger partial charge in [0.05, 0.1) is 12.5 Å². The van der Waals surface area contributed by atoms with Crippen molar-refractivity contribution in [2.75, 3.05) is 6.61 Å². The summed E-state index contributed by atoms with van der Waals surface area (Å²) in [5.41, 5.74) is 0.640. The van der Waals surface area contributed by atoms with Crippen LogP contribution in [0.5, 0.6) is 0 Å². The molecule has 0 saturated carbocycles. The van der Waals surface area contributed by atoms with E-state index in [1.165, 1.54) is 0 Å². The van der Waals surface area contributed by atoms with Crippen molar-refractivity contribution in [3.05, 3.63) is 16.9 Å². The molecule has 102 valence electrons. The Morgan fingerprint density at radius 1 is 1.47 bits per heavy atom. The first kappa shape index (κ1) is 13.1. The van der Waals surface area contributed by atoms with Gasteiger partial charge in [-0.25, -0.2) is 15.0 Å². The molecule has 3 rings (SSSR count). The lowest BCUT2D eigenvalue weighted by molar-refractivity contribution is -0.388. The number of nitrogens with zero attached hydrogens (tertiary/aromatic N) is 1. The van der Waals surface area contributed by atoms with E-state index in [1.807, 2.05) is 0 Å². The molecule has 9 heteroatoms. The topological polar surface area (TPSA) is 113 Å². The average Bonchev–Trinajstić information content (AvgIpc) is 2.94. The van der Waals surface area contributed by atoms with Gasteiger partial charge >= 0.3 is 0 Å². The van der Waals surface area contributed by atoms with Crippen LogP contribution in [0.4, 0.5) is 0 Å². The van der Waals surface area contributed by atoms with Gasteiger partial charge in [-0.2, -0.15) is 0 Å². The number of ether oxygens (including phenoxy) is 1. The third-order valence-electron chi connectivity index (χ3n) is 3.21. The molecule has 0 aliphatic carbocycles. The number of H-pyrrole nitrogens is 2. The maximum Gasteiger partial charge on any atom is 0.241 e. The zero-order chi connectivity index (χ0) is 13.6. The zero-order valence-corrected chi connectivity index (χ0v) is 11.4. The van der Waals surface area contributed by atoms with Crippen LogP contribution in [0.1, 0.15) is 5.85 Å². The highest BCUT2D eigenvalue weighted by molar-refractivity contribution is 7.71. The predicted molar refractivity (Wildman–Crippen MR) is 69.2 cm³/mol. The number of nitrogens with one attached hydrogen (secondary N) is 2. The minimum Gasteiger partial charge on any atom is -0.394 e. The van der Waals surface area contributed by atoms with E-state index in [9.17, 15) is 10.2 Å². The highest BCUT2D eigenvalue weighted by atomic mass is 32.1. The van der Waals surface area contributed by atoms with E-state index in [1.54, 1.807) is 12.3 Å². The van der Waals surface area contributed by atoms with Crippen molar-refractivity contribution in [1.29, 1.82) is 0 Å². The maximum atomic E-state index is 10.0. The molecule has 0 amide bonds. The number of aliphatic hydroxyl groups is 3. The highest BCUT2D eigenvalue weighted by Crippen LogP contribution is 2.51. The smallest absolute Gasteiger partial charge is 0.241 e. The van der Waals surface area contributed by atoms with Crippen LogP contribution in [0, 0.1) is 4.64 Å². The van der Waals surface area contributed by atoms with Gasteiger partial charge in [-0.15, -0.1) is 0 Å². The van der Waals surface area contributed by atoms with Gasteiger partial charge in [-0.1, -0.05) is 0 Å². The van der Waals surface area contributed by atoms with E-state index < -0.39 is 31.7 Å². The molecule has 2 aromatic rings. The van der Waals surface area contributed by atoms with Crippen LogP contribution in [0.3, 0.4) is 0 Å². The Kier molecular flexibility index (Phi) is 3.38. The van der Waals surface area contributed by atoms with Crippen molar-refractivity contribution >= 4 is 30.5 Å². The summed E-state index contributed by atoms with van der Waals surface area (Å²) in [4.78, 5) is 10.1. The van der Waals surface area contributed by atoms with Gasteiger partial charge in [0, 0.05) is 0 Å². The number of hydrogen-bond donors (Lipinski definition) is 4. The quantitative estimate of drug-likeness (QED) is 0.567. The van der Waals surface area contributed by atoms with E-state index in [2.05, 4.69) is 15.0 Å². The number of fused-ring (bicyclic) bond motifs is 1. The molecule has 5 atom stereocenters. The minimum absolute atomic E-state index is 0.333. The molecule has 0 aromatic carbocycles. The molecular weight excluding hydrogens is 289 g/mol. The van der Waals surface area contributed by atoms with Gasteiger partial charge in [0.15, 0.2) is 10.8 Å². The van der Waals surface area contributed by atoms with E-state index in [0.717, 1.165) is 5.25 Å². The summed E-state index contributed by atoms with van der Waals surface area (Å²) >= 11 is 5.13. The fourth-order valence-corrected chi connectivity index (χ4v) is 4.66. The molecule has 5 N–H and O–H groups in total. The number of hydrogen-bond acceptors (Lipinski definition) is 6. The second-order valence-corrected chi connectivity index (χ2v) is 6.75. The highest BCUT2D eigenvalue weighted by Gasteiger charge is 2.44. The Morgan fingerprint density at radius 2 is 2.26 bits per heavy atom. The molecule has 1 fully saturated rings. The maximum absolute atomic E-state index is 10.0. The largest absolute Gasteiger partial charge is 0.394 e. The van der Waals surface area contributed by atoms with Crippen LogP contribution in [0.15, 0.2) is 12.3 Å². The Bertz CT molecular complexity index is 660. The Morgan fingerprint density at radius 3 is 2.95 bits per heavy atom. The van der Waals surface area contributed by atoms with Crippen LogP contribution in [0.2, 0.25) is 0 Å². The molecule has 1 aliphatic heterocycles. The molecule has 2 aromatic heterocycles. The molecule has 3 heterocycles. The Labute approximate surface area is 114 Å². The van der Waals surface area contributed by atoms with Crippen molar-refractivity contribution in [3.8, 4) is 0 Å². The van der Waals surface area contributed by atoms with E-state index in [-0.39, 0.29) is 6.61 Å². The molecule has 0 spiro atoms. The van der Waals surface area contributed by atoms with Gasteiger partial charge in [0.25, 0.3) is 0 Å². The lowest BCUT2D eigenvalue weighted by Crippen LogP contribution is -2.32. The predicted octanol–water partition coefficient (Wildman–Crippen LogP) is -0.295. The Hall–Kier alpha value is -0.890. The summed E-state index contributed by atoms with van der Waals surface area (Å²) in [6, 6.07) is 0. The van der Waals surface area contributed by atoms with Crippen molar-refractivity contribution in [2.24, 2.45) is 0 Å². The zero-order valence-electron chi connectivity index (χ0n) is 9.72. The number of aromatic nitrogens is 3. The van der Waals surface area contributed by atoms with Crippen LogP contribution < -0.4 is 4.98 Å². The molecular formula is C10H13N3O4PS+. The third kappa shape index (κ3) is 2.01. The standard InChI is InChI=1S/C10H12N3O4PS/c14-1-4-6(15)7(16)10(17-4)18-3-13-5-8(18)11-2-12-9(5)19/h2-4,6-7,10,14-16H,1H2,(H,11,12,19)/p+1/t4-,6-,7-,10+,18?/m1/s1. The molecule has 0 bridgehead atoms. The van der Waals surface area contributed by atoms with Crippen molar-refractivity contribution in [2.45, 2.75) is 24.2 Å². The molecule has 1 unspecified atom stereocenters. The number of aromatic amines is 2. The van der Waals surface area contributed by atoms with E-state index in [0.29, 0.717) is 10.2 Å². The van der Waals surface area contributed by atoms with Crippen LogP contribution in [0.25, 0.3) is 10.8 Å². The first-order chi connectivity index (χ1) is 9.13. The monoisotopic (exact) mass is 302 g/mol. The van der Waals surface area contributed by atoms with Gasteiger partial charge in [0.2, 0.25) is 11.0 Å². The summed E-state index contributed by atoms with van der Waals surface area (Å²) in [5, 5.41) is 29.7. The second kappa shape index (κ2) is 4.90. The van der Waals surface area contributed by atoms with Crippen molar-refractivity contribution in [1.82, 2.24) is 9.97 Å². The first-order valence-corrected chi connectivity index (χ1v) is 7.60. The summed E-state index contributed by atoms with van der Waals surface area (Å²) in [6.45, 7) is -0.333. The molecule has 1 aliphatic rings. The van der Waals surface area contributed by atoms with E-state index in [4.69, 9.17) is 22.1 Å². The van der Waals surface area contributed by atoms with E-state index >= 15 is 0 Å². The summed E-state index contributed by atoms with van der Waals surface area (Å²) in [7, 11) is -1.05. The van der Waals surface area contributed by atoms with Gasteiger partial charge in [0.1, 0.15) is 24.2 Å². The summed E-state index contributed by atoms with van der Waals surface area (Å²) in [6.07, 6.45) is -1.30. The second-order valence-electron chi connectivity index (χ2n) is 4.34. The van der Waals surface area contributed by atoms with Gasteiger partial charge in [-0.05, 0) is 19.8 Å². The molecule has 7 nitrogen and oxygen atoms in total. The van der Waals surface area contributed by atoms with Crippen LogP contribution in [-0.2, 0) is 4.74 Å². The minimum atomic E-state index is -1.09. The molecule has 19 heavy (non-hydrogen) atoms. The van der Waals surface area contributed by atoms with Crippen molar-refractivity contribution in [3.63, 3.8) is 0 Å². The lowest BCUT2D eigenvalue weighted by atomic mass is 10.2. The average molecular weight is 302 g/mol. The summed E-state index contributed by atoms with van der Waals surface area (Å²) < 4.78 is 6.05. The fourth-order valence-electron chi connectivity index (χ4n) is 2.21. The number of rotatable bonds is 2. The van der Waals surface area contributed by atoms with Crippen molar-refractivity contribution < 1.29 is 25.0 Å². The lowest BCUT2D eigenvalue weighted by Gasteiger charge is -2.12. The third-order valence-corrected chi connectivity index (χ3v) is 5.72. The molecule has 1 saturated heterocycles. The number of aliphatic hydroxyl groups excluding tert-OH is 3. The van der Waals surface area contributed by atoms with Crippen LogP contribution in [-0.4, -0.2) is 50.2 Å². The normalized spacial score (nSPS) is 32.1. The molecule has 0 radical (unpaired) electrons. The van der Waals surface area contributed by atoms with Gasteiger partial charge < -0.3 is 20.1 Å². The summed E-state index contributed by atoms with van der Waals surface area (Å²) in [5.74, 6) is 1.10. The Balaban J connectivity index is 2.06. The van der Waals surface area contributed by atoms with Gasteiger partial charge in [-0.3, -0.25) is 0 Å². The fraction of sp³-hybridized carbons (Fsp3) is 0.500. The van der Waals surface area contributed by atoms with Crippen LogP contribution >= 0.6 is 19.8 Å². The first-order valence-electron chi connectivity index (χ1n) is 5.72.